The van der Waals surface area contributed by atoms with E-state index in [1.54, 1.807) is 5.56 Å². The number of aryl methyl sites for hydroxylation is 1. The maximum Gasteiger partial charge on any atom is 0.00830 e. The molecule has 1 N–H and O–H groups in total. The molecule has 1 nitrogen and oxygen atoms in total. The van der Waals surface area contributed by atoms with Gasteiger partial charge in [-0.05, 0) is 43.7 Å². The molecule has 0 saturated heterocycles. The molecule has 2 rings (SSSR count). The molecule has 1 aromatic rings. The van der Waals surface area contributed by atoms with Crippen molar-refractivity contribution in [1.82, 2.24) is 5.32 Å². The van der Waals surface area contributed by atoms with Crippen LogP contribution in [0.4, 0.5) is 0 Å². The maximum absolute atomic E-state index is 3.70. The summed E-state index contributed by atoms with van der Waals surface area (Å²) < 4.78 is 0. The first kappa shape index (κ1) is 15.6. The zero-order valence-electron chi connectivity index (χ0n) is 13.7. The summed E-state index contributed by atoms with van der Waals surface area (Å²) in [7, 11) is 0. The first-order chi connectivity index (χ1) is 9.55. The lowest BCUT2D eigenvalue weighted by atomic mass is 9.57. The van der Waals surface area contributed by atoms with Crippen molar-refractivity contribution in [3.8, 4) is 0 Å². The van der Waals surface area contributed by atoms with E-state index < -0.39 is 0 Å². The van der Waals surface area contributed by atoms with Gasteiger partial charge in [-0.1, -0.05) is 63.4 Å². The van der Waals surface area contributed by atoms with E-state index in [-0.39, 0.29) is 0 Å². The molecule has 0 bridgehead atoms. The Hall–Kier alpha value is -0.820. The van der Waals surface area contributed by atoms with Crippen LogP contribution in [0.3, 0.4) is 0 Å². The number of rotatable bonds is 7. The van der Waals surface area contributed by atoms with E-state index >= 15 is 0 Å². The van der Waals surface area contributed by atoms with Crippen LogP contribution in [0, 0.1) is 18.8 Å². The van der Waals surface area contributed by atoms with Gasteiger partial charge in [-0.3, -0.25) is 0 Å². The van der Waals surface area contributed by atoms with Crippen molar-refractivity contribution in [2.75, 3.05) is 13.1 Å². The van der Waals surface area contributed by atoms with Crippen molar-refractivity contribution in [1.29, 1.82) is 0 Å². The van der Waals surface area contributed by atoms with E-state index in [9.17, 15) is 0 Å². The fourth-order valence-corrected chi connectivity index (χ4v) is 3.65. The summed E-state index contributed by atoms with van der Waals surface area (Å²) in [6, 6.07) is 9.25. The molecule has 0 spiro atoms. The summed E-state index contributed by atoms with van der Waals surface area (Å²) in [6.07, 6.45) is 5.47. The third kappa shape index (κ3) is 3.63. The Morgan fingerprint density at radius 1 is 1.20 bits per heavy atom. The summed E-state index contributed by atoms with van der Waals surface area (Å²) in [5.41, 5.74) is 3.32. The predicted molar refractivity (Wildman–Crippen MR) is 88.2 cm³/mol. The van der Waals surface area contributed by atoms with Crippen LogP contribution in [0.1, 0.15) is 57.6 Å². The van der Waals surface area contributed by atoms with Gasteiger partial charge in [0.25, 0.3) is 0 Å². The van der Waals surface area contributed by atoms with Crippen LogP contribution in [0.2, 0.25) is 0 Å². The van der Waals surface area contributed by atoms with Crippen LogP contribution >= 0.6 is 0 Å². The highest BCUT2D eigenvalue weighted by Crippen LogP contribution is 2.49. The molecule has 0 amide bonds. The quantitative estimate of drug-likeness (QED) is 0.760. The Labute approximate surface area is 125 Å². The minimum atomic E-state index is 0.405. The van der Waals surface area contributed by atoms with Crippen molar-refractivity contribution in [2.24, 2.45) is 11.8 Å². The topological polar surface area (TPSA) is 12.0 Å². The van der Waals surface area contributed by atoms with E-state index in [2.05, 4.69) is 57.3 Å². The third-order valence-electron chi connectivity index (χ3n) is 4.74. The Bertz CT molecular complexity index is 398. The van der Waals surface area contributed by atoms with E-state index in [1.165, 1.54) is 31.2 Å². The smallest absolute Gasteiger partial charge is 0.00830 e. The van der Waals surface area contributed by atoms with Gasteiger partial charge >= 0.3 is 0 Å². The molecule has 0 unspecified atom stereocenters. The van der Waals surface area contributed by atoms with Crippen LogP contribution in [0.25, 0.3) is 0 Å². The number of benzene rings is 1. The Balaban J connectivity index is 2.03. The van der Waals surface area contributed by atoms with Crippen molar-refractivity contribution >= 4 is 0 Å². The molecule has 1 aliphatic carbocycles. The molecule has 1 heteroatoms. The Morgan fingerprint density at radius 2 is 1.85 bits per heavy atom. The van der Waals surface area contributed by atoms with Gasteiger partial charge in [-0.15, -0.1) is 0 Å². The lowest BCUT2D eigenvalue weighted by molar-refractivity contribution is 0.128. The van der Waals surface area contributed by atoms with Crippen LogP contribution in [-0.2, 0) is 5.41 Å². The summed E-state index contributed by atoms with van der Waals surface area (Å²) >= 11 is 0. The van der Waals surface area contributed by atoms with E-state index in [4.69, 9.17) is 0 Å². The minimum Gasteiger partial charge on any atom is -0.316 e. The fraction of sp³-hybridized carbons (Fsp3) is 0.684. The van der Waals surface area contributed by atoms with E-state index in [1.807, 2.05) is 0 Å². The number of hydrogen-bond acceptors (Lipinski definition) is 1. The van der Waals surface area contributed by atoms with Gasteiger partial charge < -0.3 is 5.32 Å². The van der Waals surface area contributed by atoms with Gasteiger partial charge in [-0.2, -0.15) is 0 Å². The SMILES string of the molecule is CCCC1CC(CNCC(C)C)(c2ccc(C)cc2)C1. The van der Waals surface area contributed by atoms with Gasteiger partial charge in [0.1, 0.15) is 0 Å². The maximum atomic E-state index is 3.70. The highest BCUT2D eigenvalue weighted by Gasteiger charge is 2.44. The average molecular weight is 273 g/mol. The van der Waals surface area contributed by atoms with Crippen molar-refractivity contribution < 1.29 is 0 Å². The Morgan fingerprint density at radius 3 is 2.40 bits per heavy atom. The Kier molecular flexibility index (Phi) is 5.26. The van der Waals surface area contributed by atoms with Gasteiger partial charge in [0.15, 0.2) is 0 Å². The number of nitrogens with one attached hydrogen (secondary N) is 1. The molecular weight excluding hydrogens is 242 g/mol. The summed E-state index contributed by atoms with van der Waals surface area (Å²) in [4.78, 5) is 0. The molecule has 20 heavy (non-hydrogen) atoms. The number of hydrogen-bond donors (Lipinski definition) is 1. The average Bonchev–Trinajstić information content (AvgIpc) is 2.36. The molecule has 112 valence electrons. The summed E-state index contributed by atoms with van der Waals surface area (Å²) in [5, 5.41) is 3.70. The highest BCUT2D eigenvalue weighted by molar-refractivity contribution is 5.32. The van der Waals surface area contributed by atoms with Crippen LogP contribution in [0.15, 0.2) is 24.3 Å². The van der Waals surface area contributed by atoms with Gasteiger partial charge in [0.05, 0.1) is 0 Å². The minimum absolute atomic E-state index is 0.405. The van der Waals surface area contributed by atoms with Crippen LogP contribution < -0.4 is 5.32 Å². The highest BCUT2D eigenvalue weighted by atomic mass is 14.9. The zero-order chi connectivity index (χ0) is 14.6. The molecule has 0 aromatic heterocycles. The second-order valence-electron chi connectivity index (χ2n) is 7.23. The van der Waals surface area contributed by atoms with E-state index in [0.29, 0.717) is 5.41 Å². The summed E-state index contributed by atoms with van der Waals surface area (Å²) in [6.45, 7) is 11.3. The molecular formula is C19H31N. The predicted octanol–water partition coefficient (Wildman–Crippen LogP) is 4.69. The molecule has 1 saturated carbocycles. The lowest BCUT2D eigenvalue weighted by Gasteiger charge is -2.49. The second kappa shape index (κ2) is 6.76. The van der Waals surface area contributed by atoms with Crippen molar-refractivity contribution in [3.05, 3.63) is 35.4 Å². The fourth-order valence-electron chi connectivity index (χ4n) is 3.65. The van der Waals surface area contributed by atoms with Gasteiger partial charge in [-0.25, -0.2) is 0 Å². The standard InChI is InChI=1S/C19H31N/c1-5-6-17-11-19(12-17,14-20-13-15(2)3)18-9-7-16(4)8-10-18/h7-10,15,17,20H,5-6,11-14H2,1-4H3. The first-order valence-electron chi connectivity index (χ1n) is 8.33. The summed E-state index contributed by atoms with van der Waals surface area (Å²) in [5.74, 6) is 1.68. The van der Waals surface area contributed by atoms with Crippen LogP contribution in [-0.4, -0.2) is 13.1 Å². The molecule has 1 aliphatic rings. The molecule has 0 aliphatic heterocycles. The monoisotopic (exact) mass is 273 g/mol. The van der Waals surface area contributed by atoms with Crippen LogP contribution in [0.5, 0.6) is 0 Å². The third-order valence-corrected chi connectivity index (χ3v) is 4.74. The zero-order valence-corrected chi connectivity index (χ0v) is 13.7. The molecule has 1 aromatic carbocycles. The lowest BCUT2D eigenvalue weighted by Crippen LogP contribution is -2.49. The van der Waals surface area contributed by atoms with Crippen molar-refractivity contribution in [2.45, 2.75) is 58.8 Å². The van der Waals surface area contributed by atoms with Gasteiger partial charge in [0.2, 0.25) is 0 Å². The first-order valence-corrected chi connectivity index (χ1v) is 8.33. The molecule has 1 fully saturated rings. The normalized spacial score (nSPS) is 25.8. The molecule has 0 heterocycles. The molecule has 0 radical (unpaired) electrons. The van der Waals surface area contributed by atoms with Gasteiger partial charge in [0, 0.05) is 12.0 Å². The largest absolute Gasteiger partial charge is 0.316 e. The van der Waals surface area contributed by atoms with Crippen molar-refractivity contribution in [3.63, 3.8) is 0 Å². The molecule has 0 atom stereocenters. The van der Waals surface area contributed by atoms with E-state index in [0.717, 1.165) is 24.9 Å². The second-order valence-corrected chi connectivity index (χ2v) is 7.23.